The standard InChI is InChI=1S/C25H26FN5O2.ClH/c1-17-14-19(10-13-27-17)31-16-25(33-24(31)32)11-8-18(9-12-25)15-28-23-7-6-22(29-30-23)20-4-2-3-5-21(20)26;/h2-7,10,13-14,18H,8-9,11-12,15-16H2,1H3,(H,28,30);1H/t18-,25-;. The zero-order valence-corrected chi connectivity index (χ0v) is 19.7. The van der Waals surface area contributed by atoms with Gasteiger partial charge in [-0.25, -0.2) is 9.18 Å². The number of nitrogens with one attached hydrogen (secondary N) is 1. The molecule has 1 spiro atoms. The number of benzene rings is 1. The highest BCUT2D eigenvalue weighted by atomic mass is 35.5. The van der Waals surface area contributed by atoms with Crippen LogP contribution in [0.4, 0.5) is 20.7 Å². The first-order valence-electron chi connectivity index (χ1n) is 11.3. The van der Waals surface area contributed by atoms with Crippen molar-refractivity contribution in [1.29, 1.82) is 0 Å². The van der Waals surface area contributed by atoms with Crippen molar-refractivity contribution in [1.82, 2.24) is 15.2 Å². The van der Waals surface area contributed by atoms with Gasteiger partial charge in [0.15, 0.2) is 0 Å². The van der Waals surface area contributed by atoms with E-state index in [2.05, 4.69) is 20.5 Å². The van der Waals surface area contributed by atoms with Crippen molar-refractivity contribution >= 4 is 30.0 Å². The number of amides is 1. The van der Waals surface area contributed by atoms with E-state index in [4.69, 9.17) is 4.74 Å². The lowest BCUT2D eigenvalue weighted by atomic mass is 9.78. The van der Waals surface area contributed by atoms with Crippen LogP contribution >= 0.6 is 12.4 Å². The van der Waals surface area contributed by atoms with Crippen LogP contribution in [-0.2, 0) is 4.74 Å². The number of rotatable bonds is 5. The number of anilines is 2. The molecule has 0 atom stereocenters. The second kappa shape index (κ2) is 9.93. The van der Waals surface area contributed by atoms with Crippen molar-refractivity contribution in [2.45, 2.75) is 38.2 Å². The Morgan fingerprint density at radius 1 is 1.15 bits per heavy atom. The molecule has 1 amide bonds. The highest BCUT2D eigenvalue weighted by molar-refractivity contribution is 5.90. The van der Waals surface area contributed by atoms with Gasteiger partial charge in [-0.05, 0) is 74.9 Å². The van der Waals surface area contributed by atoms with Gasteiger partial charge in [0.05, 0.1) is 17.9 Å². The third-order valence-corrected chi connectivity index (χ3v) is 6.56. The Balaban J connectivity index is 0.00000274. The van der Waals surface area contributed by atoms with Crippen molar-refractivity contribution in [3.05, 3.63) is 66.2 Å². The molecule has 1 saturated heterocycles. The molecule has 9 heteroatoms. The van der Waals surface area contributed by atoms with Crippen LogP contribution in [0, 0.1) is 18.7 Å². The molecule has 0 unspecified atom stereocenters. The van der Waals surface area contributed by atoms with Crippen LogP contribution in [0.3, 0.4) is 0 Å². The van der Waals surface area contributed by atoms with Crippen molar-refractivity contribution in [3.63, 3.8) is 0 Å². The zero-order valence-electron chi connectivity index (χ0n) is 18.9. The Kier molecular flexibility index (Phi) is 6.97. The van der Waals surface area contributed by atoms with Crippen LogP contribution in [-0.4, -0.2) is 40.0 Å². The molecule has 0 bridgehead atoms. The predicted molar refractivity (Wildman–Crippen MR) is 131 cm³/mol. The Morgan fingerprint density at radius 3 is 2.65 bits per heavy atom. The molecule has 2 fully saturated rings. The first-order chi connectivity index (χ1) is 16.0. The highest BCUT2D eigenvalue weighted by Crippen LogP contribution is 2.40. The molecule has 0 radical (unpaired) electrons. The van der Waals surface area contributed by atoms with E-state index in [9.17, 15) is 9.18 Å². The summed E-state index contributed by atoms with van der Waals surface area (Å²) in [5.74, 6) is 0.815. The van der Waals surface area contributed by atoms with Crippen LogP contribution < -0.4 is 10.2 Å². The van der Waals surface area contributed by atoms with Gasteiger partial charge in [0.2, 0.25) is 0 Å². The number of carbonyl (C=O) groups is 1. The summed E-state index contributed by atoms with van der Waals surface area (Å²) in [6.45, 7) is 3.26. The van der Waals surface area contributed by atoms with Gasteiger partial charge in [0.1, 0.15) is 17.2 Å². The summed E-state index contributed by atoms with van der Waals surface area (Å²) < 4.78 is 19.8. The second-order valence-electron chi connectivity index (χ2n) is 8.90. The fourth-order valence-corrected chi connectivity index (χ4v) is 4.68. The smallest absolute Gasteiger partial charge is 0.415 e. The molecule has 2 aliphatic rings. The van der Waals surface area contributed by atoms with Crippen LogP contribution in [0.5, 0.6) is 0 Å². The van der Waals surface area contributed by atoms with Gasteiger partial charge in [-0.1, -0.05) is 12.1 Å². The number of hydrogen-bond donors (Lipinski definition) is 1. The summed E-state index contributed by atoms with van der Waals surface area (Å²) >= 11 is 0. The van der Waals surface area contributed by atoms with Crippen molar-refractivity contribution in [2.75, 3.05) is 23.3 Å². The summed E-state index contributed by atoms with van der Waals surface area (Å²) in [6, 6.07) is 13.9. The van der Waals surface area contributed by atoms with Crippen molar-refractivity contribution < 1.29 is 13.9 Å². The van der Waals surface area contributed by atoms with Gasteiger partial charge in [-0.15, -0.1) is 22.6 Å². The molecule has 1 aliphatic heterocycles. The van der Waals surface area contributed by atoms with Crippen LogP contribution in [0.15, 0.2) is 54.7 Å². The third kappa shape index (κ3) is 4.97. The first kappa shape index (κ1) is 23.9. The Labute approximate surface area is 204 Å². The fourth-order valence-electron chi connectivity index (χ4n) is 4.68. The maximum absolute atomic E-state index is 13.9. The number of halogens is 2. The van der Waals surface area contributed by atoms with Crippen LogP contribution in [0.1, 0.15) is 31.4 Å². The Bertz CT molecular complexity index is 1150. The Morgan fingerprint density at radius 2 is 1.94 bits per heavy atom. The quantitative estimate of drug-likeness (QED) is 0.523. The molecule has 178 valence electrons. The predicted octanol–water partition coefficient (Wildman–Crippen LogP) is 5.41. The van der Waals surface area contributed by atoms with Gasteiger partial charge < -0.3 is 10.1 Å². The molecule has 1 aliphatic carbocycles. The van der Waals surface area contributed by atoms with E-state index < -0.39 is 5.60 Å². The van der Waals surface area contributed by atoms with E-state index in [1.54, 1.807) is 35.4 Å². The first-order valence-corrected chi connectivity index (χ1v) is 11.3. The molecule has 7 nitrogen and oxygen atoms in total. The van der Waals surface area contributed by atoms with E-state index in [0.29, 0.717) is 29.5 Å². The minimum absolute atomic E-state index is 0. The number of ether oxygens (including phenoxy) is 1. The minimum atomic E-state index is -0.411. The minimum Gasteiger partial charge on any atom is -0.441 e. The summed E-state index contributed by atoms with van der Waals surface area (Å²) in [6.07, 6.45) is 5.04. The number of aryl methyl sites for hydroxylation is 1. The maximum Gasteiger partial charge on any atom is 0.415 e. The van der Waals surface area contributed by atoms with E-state index >= 15 is 0 Å². The summed E-state index contributed by atoms with van der Waals surface area (Å²) in [5.41, 5.74) is 2.25. The van der Waals surface area contributed by atoms with Crippen LogP contribution in [0.25, 0.3) is 11.3 Å². The number of aromatic nitrogens is 3. The maximum atomic E-state index is 13.9. The monoisotopic (exact) mass is 483 g/mol. The molecular formula is C25H27ClFN5O2. The number of hydrogen-bond acceptors (Lipinski definition) is 6. The van der Waals surface area contributed by atoms with E-state index in [1.165, 1.54) is 6.07 Å². The normalized spacial score (nSPS) is 21.8. The van der Waals surface area contributed by atoms with Gasteiger partial charge in [-0.2, -0.15) is 0 Å². The molecular weight excluding hydrogens is 457 g/mol. The van der Waals surface area contributed by atoms with Crippen molar-refractivity contribution in [2.24, 2.45) is 5.92 Å². The molecule has 3 aromatic rings. The van der Waals surface area contributed by atoms with E-state index in [0.717, 1.165) is 43.6 Å². The number of pyridine rings is 1. The number of nitrogens with zero attached hydrogens (tertiary/aromatic N) is 4. The van der Waals surface area contributed by atoms with Gasteiger partial charge in [-0.3, -0.25) is 9.88 Å². The van der Waals surface area contributed by atoms with E-state index in [1.807, 2.05) is 25.1 Å². The topological polar surface area (TPSA) is 80.2 Å². The summed E-state index contributed by atoms with van der Waals surface area (Å²) in [5, 5.41) is 11.7. The lowest BCUT2D eigenvalue weighted by Crippen LogP contribution is -2.39. The molecule has 34 heavy (non-hydrogen) atoms. The summed E-state index contributed by atoms with van der Waals surface area (Å²) in [7, 11) is 0. The average molecular weight is 484 g/mol. The van der Waals surface area contributed by atoms with Gasteiger partial charge in [0, 0.05) is 24.0 Å². The van der Waals surface area contributed by atoms with Gasteiger partial charge in [0.25, 0.3) is 0 Å². The van der Waals surface area contributed by atoms with Gasteiger partial charge >= 0.3 is 6.09 Å². The lowest BCUT2D eigenvalue weighted by Gasteiger charge is -2.35. The number of carbonyl (C=O) groups excluding carboxylic acids is 1. The third-order valence-electron chi connectivity index (χ3n) is 6.56. The van der Waals surface area contributed by atoms with E-state index in [-0.39, 0.29) is 24.3 Å². The highest BCUT2D eigenvalue weighted by Gasteiger charge is 2.47. The molecule has 2 aromatic heterocycles. The second-order valence-corrected chi connectivity index (χ2v) is 8.90. The fraction of sp³-hybridized carbons (Fsp3) is 0.360. The lowest BCUT2D eigenvalue weighted by molar-refractivity contribution is 0.0148. The summed E-state index contributed by atoms with van der Waals surface area (Å²) in [4.78, 5) is 18.5. The zero-order chi connectivity index (χ0) is 22.8. The SMILES string of the molecule is Cc1cc(N2C[C@]3(CC[C@@H](CNc4ccc(-c5ccccc5F)nn4)CC3)OC2=O)ccn1.Cl. The molecule has 3 heterocycles. The van der Waals surface area contributed by atoms with Crippen molar-refractivity contribution in [3.8, 4) is 11.3 Å². The Hall–Kier alpha value is -3.26. The molecule has 1 saturated carbocycles. The molecule has 1 aromatic carbocycles. The molecule has 5 rings (SSSR count). The van der Waals surface area contributed by atoms with Crippen LogP contribution in [0.2, 0.25) is 0 Å². The largest absolute Gasteiger partial charge is 0.441 e. The molecule has 1 N–H and O–H groups in total. The average Bonchev–Trinajstić information content (AvgIpc) is 3.15.